The summed E-state index contributed by atoms with van der Waals surface area (Å²) in [7, 11) is 1.52. The molecule has 3 aromatic rings. The number of nitriles is 2. The highest BCUT2D eigenvalue weighted by atomic mass is 35.5. The number of amides is 2. The molecule has 35 heavy (non-hydrogen) atoms. The van der Waals surface area contributed by atoms with Crippen LogP contribution in [0.5, 0.6) is 5.75 Å². The minimum Gasteiger partial charge on any atom is -0.497 e. The van der Waals surface area contributed by atoms with Crippen LogP contribution in [0, 0.1) is 28.1 Å². The second-order valence-corrected chi connectivity index (χ2v) is 9.31. The van der Waals surface area contributed by atoms with E-state index in [9.17, 15) is 20.1 Å². The highest BCUT2D eigenvalue weighted by Crippen LogP contribution is 2.83. The Morgan fingerprint density at radius 3 is 2.37 bits per heavy atom. The zero-order chi connectivity index (χ0) is 24.6. The highest BCUT2D eigenvalue weighted by Gasteiger charge is 3.00. The van der Waals surface area contributed by atoms with Crippen LogP contribution >= 0.6 is 11.6 Å². The maximum absolute atomic E-state index is 14.4. The van der Waals surface area contributed by atoms with Crippen molar-refractivity contribution in [3.05, 3.63) is 88.4 Å². The number of halogens is 1. The van der Waals surface area contributed by atoms with Crippen molar-refractivity contribution in [2.75, 3.05) is 17.3 Å². The van der Waals surface area contributed by atoms with E-state index in [0.29, 0.717) is 33.3 Å². The minimum atomic E-state index is -1.95. The molecular formula is C27H17ClN4O3. The first kappa shape index (κ1) is 21.2. The third-order valence-electron chi connectivity index (χ3n) is 7.58. The molecule has 7 nitrogen and oxygen atoms in total. The van der Waals surface area contributed by atoms with Crippen LogP contribution < -0.4 is 15.0 Å². The van der Waals surface area contributed by atoms with Crippen molar-refractivity contribution >= 4 is 34.8 Å². The first-order valence-corrected chi connectivity index (χ1v) is 11.3. The molecule has 1 N–H and O–H groups in total. The molecule has 1 aliphatic carbocycles. The maximum Gasteiger partial charge on any atom is 0.242 e. The summed E-state index contributed by atoms with van der Waals surface area (Å²) < 4.78 is 5.41. The Balaban J connectivity index is 1.66. The molecule has 0 radical (unpaired) electrons. The average Bonchev–Trinajstić information content (AvgIpc) is 3.20. The first-order valence-electron chi connectivity index (χ1n) is 10.9. The van der Waals surface area contributed by atoms with Crippen LogP contribution in [0.1, 0.15) is 16.7 Å². The molecule has 1 fully saturated rings. The number of ether oxygens (including phenoxy) is 1. The second-order valence-electron chi connectivity index (χ2n) is 8.88. The zero-order valence-corrected chi connectivity index (χ0v) is 19.3. The number of carbonyl (C=O) groups excluding carboxylic acids is 2. The molecule has 1 saturated carbocycles. The van der Waals surface area contributed by atoms with Crippen LogP contribution in [-0.4, -0.2) is 18.9 Å². The number of nitrogens with zero attached hydrogens (tertiary/aromatic N) is 3. The maximum atomic E-state index is 14.4. The van der Waals surface area contributed by atoms with E-state index in [4.69, 9.17) is 16.3 Å². The molecular weight excluding hydrogens is 464 g/mol. The molecule has 2 heterocycles. The molecule has 3 aliphatic rings. The van der Waals surface area contributed by atoms with Gasteiger partial charge in [0.05, 0.1) is 31.5 Å². The van der Waals surface area contributed by atoms with Crippen LogP contribution in [0.15, 0.2) is 66.7 Å². The summed E-state index contributed by atoms with van der Waals surface area (Å²) in [6, 6.07) is 23.5. The van der Waals surface area contributed by atoms with Crippen LogP contribution in [0.4, 0.5) is 11.4 Å². The Morgan fingerprint density at radius 2 is 1.69 bits per heavy atom. The van der Waals surface area contributed by atoms with Crippen molar-refractivity contribution in [2.45, 2.75) is 17.4 Å². The predicted octanol–water partition coefficient (Wildman–Crippen LogP) is 4.07. The highest BCUT2D eigenvalue weighted by molar-refractivity contribution is 6.32. The van der Waals surface area contributed by atoms with E-state index in [1.807, 2.05) is 30.3 Å². The molecule has 2 aliphatic heterocycles. The lowest BCUT2D eigenvalue weighted by molar-refractivity contribution is -0.124. The van der Waals surface area contributed by atoms with Gasteiger partial charge in [0.1, 0.15) is 16.6 Å². The zero-order valence-electron chi connectivity index (χ0n) is 18.5. The Labute approximate surface area is 206 Å². The van der Waals surface area contributed by atoms with E-state index in [2.05, 4.69) is 17.5 Å². The van der Waals surface area contributed by atoms with E-state index in [1.165, 1.54) is 7.11 Å². The van der Waals surface area contributed by atoms with Crippen molar-refractivity contribution in [1.29, 1.82) is 10.5 Å². The SMILES string of the molecule is COc1ccc2c(c1)N(Cc1ccccc1)C(=O)[C@@]21C(C#N)(C#N)[C@@]12C(=O)Nc1cc(Cl)ccc12. The minimum absolute atomic E-state index is 0.208. The number of benzene rings is 3. The summed E-state index contributed by atoms with van der Waals surface area (Å²) in [4.78, 5) is 29.7. The quantitative estimate of drug-likeness (QED) is 0.608. The number of fused-ring (bicyclic) bond motifs is 5. The number of anilines is 2. The fourth-order valence-corrected chi connectivity index (χ4v) is 6.38. The van der Waals surface area contributed by atoms with E-state index >= 15 is 0 Å². The molecule has 6 rings (SSSR count). The summed E-state index contributed by atoms with van der Waals surface area (Å²) in [5.41, 5.74) is -2.72. The Kier molecular flexibility index (Phi) is 4.15. The van der Waals surface area contributed by atoms with Crippen LogP contribution in [0.3, 0.4) is 0 Å². The predicted molar refractivity (Wildman–Crippen MR) is 128 cm³/mol. The Bertz CT molecular complexity index is 1530. The van der Waals surface area contributed by atoms with Gasteiger partial charge in [-0.2, -0.15) is 10.5 Å². The lowest BCUT2D eigenvalue weighted by Gasteiger charge is -2.19. The van der Waals surface area contributed by atoms with Crippen LogP contribution in [0.2, 0.25) is 5.02 Å². The van der Waals surface area contributed by atoms with Crippen LogP contribution in [-0.2, 0) is 27.0 Å². The molecule has 2 atom stereocenters. The van der Waals surface area contributed by atoms with E-state index in [-0.39, 0.29) is 6.54 Å². The van der Waals surface area contributed by atoms with Gasteiger partial charge in [0.2, 0.25) is 11.8 Å². The summed E-state index contributed by atoms with van der Waals surface area (Å²) in [5, 5.41) is 24.1. The van der Waals surface area contributed by atoms with Gasteiger partial charge in [-0.25, -0.2) is 0 Å². The van der Waals surface area contributed by atoms with Crippen molar-refractivity contribution in [3.63, 3.8) is 0 Å². The fraction of sp³-hybridized carbons (Fsp3) is 0.185. The third kappa shape index (κ3) is 2.16. The molecule has 0 unspecified atom stereocenters. The van der Waals surface area contributed by atoms with E-state index < -0.39 is 28.1 Å². The van der Waals surface area contributed by atoms with E-state index in [0.717, 1.165) is 5.56 Å². The fourth-order valence-electron chi connectivity index (χ4n) is 6.21. The number of carbonyl (C=O) groups is 2. The van der Waals surface area contributed by atoms with Gasteiger partial charge in [-0.3, -0.25) is 9.59 Å². The van der Waals surface area contributed by atoms with E-state index in [1.54, 1.807) is 41.3 Å². The van der Waals surface area contributed by atoms with Gasteiger partial charge in [-0.1, -0.05) is 54.1 Å². The van der Waals surface area contributed by atoms with Crippen molar-refractivity contribution in [2.24, 2.45) is 5.41 Å². The lowest BCUT2D eigenvalue weighted by Crippen LogP contribution is -2.38. The largest absolute Gasteiger partial charge is 0.497 e. The number of rotatable bonds is 3. The second kappa shape index (κ2) is 6.85. The normalized spacial score (nSPS) is 24.5. The lowest BCUT2D eigenvalue weighted by atomic mass is 9.83. The molecule has 0 bridgehead atoms. The van der Waals surface area contributed by atoms with Gasteiger partial charge in [-0.15, -0.1) is 0 Å². The Hall–Kier alpha value is -4.33. The number of hydrogen-bond donors (Lipinski definition) is 1. The molecule has 2 amide bonds. The van der Waals surface area contributed by atoms with Gasteiger partial charge in [0, 0.05) is 16.8 Å². The summed E-state index contributed by atoms with van der Waals surface area (Å²) in [6.45, 7) is 0.208. The molecule has 170 valence electrons. The average molecular weight is 481 g/mol. The first-order chi connectivity index (χ1) is 16.9. The monoisotopic (exact) mass is 480 g/mol. The topological polar surface area (TPSA) is 106 Å². The summed E-state index contributed by atoms with van der Waals surface area (Å²) >= 11 is 6.16. The van der Waals surface area contributed by atoms with Crippen molar-refractivity contribution in [3.8, 4) is 17.9 Å². The summed E-state index contributed by atoms with van der Waals surface area (Å²) in [6.07, 6.45) is 0. The molecule has 0 aromatic heterocycles. The number of methoxy groups -OCH3 is 1. The molecule has 0 saturated heterocycles. The van der Waals surface area contributed by atoms with Crippen molar-refractivity contribution < 1.29 is 14.3 Å². The number of nitrogens with one attached hydrogen (secondary N) is 1. The van der Waals surface area contributed by atoms with Gasteiger partial charge >= 0.3 is 0 Å². The smallest absolute Gasteiger partial charge is 0.242 e. The molecule has 8 heteroatoms. The number of hydrogen-bond acceptors (Lipinski definition) is 5. The molecule has 3 aromatic carbocycles. The van der Waals surface area contributed by atoms with Gasteiger partial charge in [0.25, 0.3) is 0 Å². The molecule has 2 spiro atoms. The van der Waals surface area contributed by atoms with Gasteiger partial charge in [-0.05, 0) is 34.9 Å². The third-order valence-corrected chi connectivity index (χ3v) is 7.82. The summed E-state index contributed by atoms with van der Waals surface area (Å²) in [5.74, 6) is -0.510. The van der Waals surface area contributed by atoms with Gasteiger partial charge in [0.15, 0.2) is 5.41 Å². The van der Waals surface area contributed by atoms with Crippen LogP contribution in [0.25, 0.3) is 0 Å². The van der Waals surface area contributed by atoms with Crippen molar-refractivity contribution in [1.82, 2.24) is 0 Å². The standard InChI is InChI=1S/C27H17ClN4O3/c1-35-18-8-10-20-22(12-18)32(13-16-5-3-2-4-6-16)24(34)27(20)25(14-29,15-30)26(27)19-9-7-17(28)11-21(19)31-23(26)33/h2-12H,13H2,1H3,(H,31,33)/t26-,27-/m1/s1. The Morgan fingerprint density at radius 1 is 0.971 bits per heavy atom. The van der Waals surface area contributed by atoms with Gasteiger partial charge < -0.3 is 15.0 Å².